The van der Waals surface area contributed by atoms with Gasteiger partial charge in [0.2, 0.25) is 0 Å². The zero-order valence-electron chi connectivity index (χ0n) is 12.4. The second-order valence-electron chi connectivity index (χ2n) is 4.81. The normalized spacial score (nSPS) is 9.91. The van der Waals surface area contributed by atoms with E-state index in [9.17, 15) is 4.79 Å². The molecule has 114 valence electrons. The number of carbonyl (C=O) groups is 1. The Balaban J connectivity index is 1.81. The van der Waals surface area contributed by atoms with Gasteiger partial charge in [0.15, 0.2) is 0 Å². The molecule has 2 aromatic carbocycles. The summed E-state index contributed by atoms with van der Waals surface area (Å²) >= 11 is 0. The van der Waals surface area contributed by atoms with Gasteiger partial charge in [0, 0.05) is 6.20 Å². The molecule has 5 heteroatoms. The molecule has 0 aliphatic rings. The summed E-state index contributed by atoms with van der Waals surface area (Å²) in [4.78, 5) is 16.3. The molecule has 0 aliphatic carbocycles. The van der Waals surface area contributed by atoms with Crippen molar-refractivity contribution in [2.75, 3.05) is 10.3 Å². The Morgan fingerprint density at radius 3 is 1.96 bits per heavy atom. The number of nitrogens with one attached hydrogen (secondary N) is 2. The van der Waals surface area contributed by atoms with Crippen molar-refractivity contribution in [3.05, 3.63) is 85.2 Å². The minimum absolute atomic E-state index is 0.342. The minimum Gasteiger partial charge on any atom is -0.305 e. The molecule has 0 bridgehead atoms. The predicted octanol–water partition coefficient (Wildman–Crippen LogP) is 3.96. The third-order valence-corrected chi connectivity index (χ3v) is 3.16. The van der Waals surface area contributed by atoms with Gasteiger partial charge in [-0.05, 0) is 36.4 Å². The molecule has 0 saturated carbocycles. The van der Waals surface area contributed by atoms with E-state index in [1.54, 1.807) is 29.5 Å². The number of hydrazine groups is 1. The van der Waals surface area contributed by atoms with Gasteiger partial charge in [-0.2, -0.15) is 0 Å². The predicted molar refractivity (Wildman–Crippen MR) is 91.4 cm³/mol. The minimum atomic E-state index is -0.342. The molecule has 2 N–H and O–H groups in total. The van der Waals surface area contributed by atoms with Crippen molar-refractivity contribution in [3.8, 4) is 0 Å². The Bertz CT molecular complexity index is 708. The number of carbonyl (C=O) groups excluding carboxylic acids is 1. The van der Waals surface area contributed by atoms with Crippen LogP contribution >= 0.6 is 0 Å². The van der Waals surface area contributed by atoms with E-state index in [4.69, 9.17) is 0 Å². The van der Waals surface area contributed by atoms with Gasteiger partial charge in [-0.1, -0.05) is 36.4 Å². The Morgan fingerprint density at radius 1 is 0.826 bits per heavy atom. The van der Waals surface area contributed by atoms with Crippen LogP contribution in [0.3, 0.4) is 0 Å². The Labute approximate surface area is 134 Å². The average molecular weight is 304 g/mol. The van der Waals surface area contributed by atoms with Crippen LogP contribution in [0.4, 0.5) is 21.9 Å². The van der Waals surface area contributed by atoms with Crippen LogP contribution in [0.2, 0.25) is 0 Å². The van der Waals surface area contributed by atoms with Crippen LogP contribution in [-0.2, 0) is 0 Å². The van der Waals surface area contributed by atoms with Crippen LogP contribution in [0.1, 0.15) is 0 Å². The second-order valence-corrected chi connectivity index (χ2v) is 4.81. The lowest BCUT2D eigenvalue weighted by Crippen LogP contribution is -2.41. The molecule has 0 radical (unpaired) electrons. The Morgan fingerprint density at radius 2 is 1.43 bits per heavy atom. The molecule has 3 rings (SSSR count). The molecule has 0 fully saturated rings. The van der Waals surface area contributed by atoms with E-state index < -0.39 is 0 Å². The first-order valence-electron chi connectivity index (χ1n) is 7.21. The number of hydrogen-bond donors (Lipinski definition) is 2. The van der Waals surface area contributed by atoms with Crippen LogP contribution in [0.25, 0.3) is 0 Å². The molecule has 23 heavy (non-hydrogen) atoms. The third-order valence-electron chi connectivity index (χ3n) is 3.16. The van der Waals surface area contributed by atoms with Gasteiger partial charge in [0.1, 0.15) is 0 Å². The highest BCUT2D eigenvalue weighted by atomic mass is 16.2. The summed E-state index contributed by atoms with van der Waals surface area (Å²) in [7, 11) is 0. The molecular formula is C18H16N4O. The fourth-order valence-electron chi connectivity index (χ4n) is 2.13. The number of amides is 2. The number of benzene rings is 2. The van der Waals surface area contributed by atoms with Gasteiger partial charge >= 0.3 is 6.03 Å². The van der Waals surface area contributed by atoms with Crippen molar-refractivity contribution >= 4 is 23.1 Å². The number of urea groups is 1. The molecule has 2 amide bonds. The van der Waals surface area contributed by atoms with Crippen LogP contribution < -0.4 is 15.8 Å². The van der Waals surface area contributed by atoms with Gasteiger partial charge in [0.05, 0.1) is 23.3 Å². The zero-order chi connectivity index (χ0) is 15.9. The maximum Gasteiger partial charge on any atom is 0.338 e. The number of hydrogen-bond acceptors (Lipinski definition) is 3. The first-order valence-corrected chi connectivity index (χ1v) is 7.21. The van der Waals surface area contributed by atoms with Crippen LogP contribution in [0, 0.1) is 0 Å². The Hall–Kier alpha value is -3.34. The fraction of sp³-hybridized carbons (Fsp3) is 0. The maximum atomic E-state index is 12.3. The Kier molecular flexibility index (Phi) is 4.49. The number of pyridine rings is 1. The monoisotopic (exact) mass is 304 g/mol. The molecule has 1 aromatic heterocycles. The summed E-state index contributed by atoms with van der Waals surface area (Å²) in [6, 6.07) is 22.5. The molecule has 0 atom stereocenters. The van der Waals surface area contributed by atoms with E-state index in [2.05, 4.69) is 15.7 Å². The van der Waals surface area contributed by atoms with E-state index in [1.165, 1.54) is 0 Å². The SMILES string of the molecule is O=C(Nc1cccnc1)NN(c1ccccc1)c1ccccc1. The molecule has 5 nitrogen and oxygen atoms in total. The lowest BCUT2D eigenvalue weighted by molar-refractivity contribution is 0.252. The maximum absolute atomic E-state index is 12.3. The summed E-state index contributed by atoms with van der Waals surface area (Å²) < 4.78 is 0. The van der Waals surface area contributed by atoms with Gasteiger partial charge in [0.25, 0.3) is 0 Å². The number of nitrogens with zero attached hydrogens (tertiary/aromatic N) is 2. The molecule has 0 spiro atoms. The highest BCUT2D eigenvalue weighted by Crippen LogP contribution is 2.22. The topological polar surface area (TPSA) is 57.3 Å². The van der Waals surface area contributed by atoms with Crippen molar-refractivity contribution in [1.82, 2.24) is 10.4 Å². The first kappa shape index (κ1) is 14.6. The van der Waals surface area contributed by atoms with Crippen molar-refractivity contribution in [2.24, 2.45) is 0 Å². The van der Waals surface area contributed by atoms with Crippen LogP contribution in [-0.4, -0.2) is 11.0 Å². The summed E-state index contributed by atoms with van der Waals surface area (Å²) in [5, 5.41) is 4.49. The average Bonchev–Trinajstić information content (AvgIpc) is 2.62. The lowest BCUT2D eigenvalue weighted by Gasteiger charge is -2.25. The van der Waals surface area contributed by atoms with Gasteiger partial charge in [-0.3, -0.25) is 9.99 Å². The molecule has 3 aromatic rings. The number of aromatic nitrogens is 1. The molecule has 0 unspecified atom stereocenters. The van der Waals surface area contributed by atoms with E-state index in [0.717, 1.165) is 11.4 Å². The largest absolute Gasteiger partial charge is 0.338 e. The van der Waals surface area contributed by atoms with Crippen LogP contribution in [0.15, 0.2) is 85.2 Å². The molecule has 0 saturated heterocycles. The van der Waals surface area contributed by atoms with Crippen molar-refractivity contribution in [1.29, 1.82) is 0 Å². The third kappa shape index (κ3) is 3.85. The first-order chi connectivity index (χ1) is 11.3. The number of rotatable bonds is 4. The zero-order valence-corrected chi connectivity index (χ0v) is 12.4. The van der Waals surface area contributed by atoms with Crippen LogP contribution in [0.5, 0.6) is 0 Å². The van der Waals surface area contributed by atoms with Gasteiger partial charge in [-0.15, -0.1) is 0 Å². The van der Waals surface area contributed by atoms with Crippen molar-refractivity contribution in [3.63, 3.8) is 0 Å². The van der Waals surface area contributed by atoms with E-state index in [-0.39, 0.29) is 6.03 Å². The van der Waals surface area contributed by atoms with E-state index >= 15 is 0 Å². The number of anilines is 3. The highest BCUT2D eigenvalue weighted by molar-refractivity contribution is 5.91. The smallest absolute Gasteiger partial charge is 0.305 e. The summed E-state index contributed by atoms with van der Waals surface area (Å²) in [6.07, 6.45) is 3.25. The molecule has 1 heterocycles. The highest BCUT2D eigenvalue weighted by Gasteiger charge is 2.12. The summed E-state index contributed by atoms with van der Waals surface area (Å²) in [6.45, 7) is 0. The number of para-hydroxylation sites is 2. The standard InChI is InChI=1S/C18H16N4O/c23-18(20-15-8-7-13-19-14-15)21-22(16-9-3-1-4-10-16)17-11-5-2-6-12-17/h1-14H,(H2,20,21,23). The fourth-order valence-corrected chi connectivity index (χ4v) is 2.13. The van der Waals surface area contributed by atoms with Gasteiger partial charge in [-0.25, -0.2) is 10.2 Å². The van der Waals surface area contributed by atoms with Crippen molar-refractivity contribution < 1.29 is 4.79 Å². The quantitative estimate of drug-likeness (QED) is 0.717. The second kappa shape index (κ2) is 7.09. The summed E-state index contributed by atoms with van der Waals surface area (Å²) in [5.41, 5.74) is 5.21. The lowest BCUT2D eigenvalue weighted by atomic mass is 10.2. The summed E-state index contributed by atoms with van der Waals surface area (Å²) in [5.74, 6) is 0. The van der Waals surface area contributed by atoms with Gasteiger partial charge < -0.3 is 5.32 Å². The van der Waals surface area contributed by atoms with E-state index in [1.807, 2.05) is 60.7 Å². The molecular weight excluding hydrogens is 288 g/mol. The van der Waals surface area contributed by atoms with E-state index in [0.29, 0.717) is 5.69 Å². The van der Waals surface area contributed by atoms with Crippen molar-refractivity contribution in [2.45, 2.75) is 0 Å². The molecule has 0 aliphatic heterocycles.